The van der Waals surface area contributed by atoms with Crippen molar-refractivity contribution in [1.29, 1.82) is 0 Å². The van der Waals surface area contributed by atoms with Crippen LogP contribution in [0.15, 0.2) is 54.6 Å². The van der Waals surface area contributed by atoms with Crippen LogP contribution in [0.25, 0.3) is 17.1 Å². The molecule has 2 aromatic carbocycles. The van der Waals surface area contributed by atoms with Gasteiger partial charge in [0.25, 0.3) is 0 Å². The Kier molecular flexibility index (Phi) is 5.94. The van der Waals surface area contributed by atoms with E-state index in [4.69, 9.17) is 17.3 Å². The number of hydrogen-bond donors (Lipinski definition) is 0. The molecule has 0 spiro atoms. The van der Waals surface area contributed by atoms with E-state index >= 15 is 0 Å². The van der Waals surface area contributed by atoms with Crippen molar-refractivity contribution in [2.24, 2.45) is 5.92 Å². The monoisotopic (exact) mass is 420 g/mol. The number of nitrogens with zero attached hydrogens (tertiary/aromatic N) is 4. The molecule has 1 aliphatic rings. The van der Waals surface area contributed by atoms with Crippen molar-refractivity contribution < 1.29 is 0 Å². The SMILES string of the molecule is CC1CCN(Cn2nc(-c3ccc(C(C)(C)C)cc3)n(-c3ccccc3)c2=S)CC1. The Labute approximate surface area is 185 Å². The third kappa shape index (κ3) is 4.42. The largest absolute Gasteiger partial charge is 0.284 e. The van der Waals surface area contributed by atoms with Crippen molar-refractivity contribution in [2.75, 3.05) is 13.1 Å². The summed E-state index contributed by atoms with van der Waals surface area (Å²) < 4.78 is 4.84. The van der Waals surface area contributed by atoms with E-state index in [1.54, 1.807) is 0 Å². The van der Waals surface area contributed by atoms with E-state index < -0.39 is 0 Å². The smallest absolute Gasteiger partial charge is 0.204 e. The van der Waals surface area contributed by atoms with E-state index in [2.05, 4.69) is 73.6 Å². The molecule has 30 heavy (non-hydrogen) atoms. The molecule has 2 heterocycles. The Balaban J connectivity index is 1.74. The number of aromatic nitrogens is 3. The maximum Gasteiger partial charge on any atom is 0.204 e. The Morgan fingerprint density at radius 1 is 0.967 bits per heavy atom. The van der Waals surface area contributed by atoms with Crippen molar-refractivity contribution >= 4 is 12.2 Å². The van der Waals surface area contributed by atoms with Gasteiger partial charge in [0.2, 0.25) is 4.77 Å². The fraction of sp³-hybridized carbons (Fsp3) is 0.440. The van der Waals surface area contributed by atoms with Gasteiger partial charge in [-0.15, -0.1) is 5.10 Å². The fourth-order valence-corrected chi connectivity index (χ4v) is 4.30. The molecule has 0 atom stereocenters. The van der Waals surface area contributed by atoms with Gasteiger partial charge >= 0.3 is 0 Å². The zero-order valence-electron chi connectivity index (χ0n) is 18.5. The van der Waals surface area contributed by atoms with Crippen LogP contribution in [-0.4, -0.2) is 32.3 Å². The minimum Gasteiger partial charge on any atom is -0.284 e. The van der Waals surface area contributed by atoms with Crippen molar-refractivity contribution in [3.05, 3.63) is 64.9 Å². The highest BCUT2D eigenvalue weighted by Gasteiger charge is 2.20. The van der Waals surface area contributed by atoms with Crippen molar-refractivity contribution in [3.8, 4) is 17.1 Å². The van der Waals surface area contributed by atoms with E-state index in [1.807, 2.05) is 22.9 Å². The quantitative estimate of drug-likeness (QED) is 0.480. The van der Waals surface area contributed by atoms with Gasteiger partial charge in [-0.25, -0.2) is 4.68 Å². The van der Waals surface area contributed by atoms with Gasteiger partial charge in [0.05, 0.1) is 6.67 Å². The summed E-state index contributed by atoms with van der Waals surface area (Å²) in [5, 5.41) is 5.00. The van der Waals surface area contributed by atoms with Gasteiger partial charge in [-0.1, -0.05) is 70.2 Å². The molecule has 4 rings (SSSR count). The summed E-state index contributed by atoms with van der Waals surface area (Å²) in [7, 11) is 0. The Morgan fingerprint density at radius 3 is 2.20 bits per heavy atom. The van der Waals surface area contributed by atoms with Crippen LogP contribution in [0.5, 0.6) is 0 Å². The van der Waals surface area contributed by atoms with E-state index in [1.165, 1.54) is 18.4 Å². The van der Waals surface area contributed by atoms with Crippen molar-refractivity contribution in [3.63, 3.8) is 0 Å². The molecule has 0 unspecified atom stereocenters. The second-order valence-electron chi connectivity index (χ2n) is 9.55. The van der Waals surface area contributed by atoms with Crippen LogP contribution in [0.2, 0.25) is 0 Å². The molecule has 0 N–H and O–H groups in total. The maximum atomic E-state index is 5.91. The van der Waals surface area contributed by atoms with Crippen LogP contribution in [-0.2, 0) is 12.1 Å². The summed E-state index contributed by atoms with van der Waals surface area (Å²) in [6, 6.07) is 19.1. The minimum absolute atomic E-state index is 0.127. The zero-order chi connectivity index (χ0) is 21.3. The molecule has 4 nitrogen and oxygen atoms in total. The van der Waals surface area contributed by atoms with Crippen molar-refractivity contribution in [2.45, 2.75) is 52.6 Å². The first-order valence-corrected chi connectivity index (χ1v) is 11.3. The molecule has 0 aliphatic carbocycles. The molecular weight excluding hydrogens is 388 g/mol. The molecular formula is C25H32N4S. The zero-order valence-corrected chi connectivity index (χ0v) is 19.3. The van der Waals surface area contributed by atoms with Gasteiger partial charge in [-0.2, -0.15) is 0 Å². The molecule has 1 saturated heterocycles. The van der Waals surface area contributed by atoms with Crippen LogP contribution in [0.4, 0.5) is 0 Å². The third-order valence-electron chi connectivity index (χ3n) is 6.07. The molecule has 0 bridgehead atoms. The maximum absolute atomic E-state index is 5.91. The Morgan fingerprint density at radius 2 is 1.60 bits per heavy atom. The molecule has 1 aliphatic heterocycles. The number of hydrogen-bond acceptors (Lipinski definition) is 3. The molecule has 5 heteroatoms. The van der Waals surface area contributed by atoms with Crippen LogP contribution >= 0.6 is 12.2 Å². The first-order valence-electron chi connectivity index (χ1n) is 10.9. The molecule has 0 radical (unpaired) electrons. The molecule has 0 amide bonds. The van der Waals surface area contributed by atoms with E-state index in [9.17, 15) is 0 Å². The van der Waals surface area contributed by atoms with Gasteiger partial charge in [0.1, 0.15) is 0 Å². The molecule has 1 aromatic heterocycles. The lowest BCUT2D eigenvalue weighted by atomic mass is 9.87. The van der Waals surface area contributed by atoms with Gasteiger partial charge in [-0.3, -0.25) is 9.47 Å². The molecule has 1 fully saturated rings. The predicted octanol–water partition coefficient (Wildman–Crippen LogP) is 6.06. The van der Waals surface area contributed by atoms with Gasteiger partial charge in [-0.05, 0) is 54.1 Å². The van der Waals surface area contributed by atoms with Crippen LogP contribution in [0, 0.1) is 10.7 Å². The van der Waals surface area contributed by atoms with Gasteiger partial charge in [0, 0.05) is 24.3 Å². The first kappa shape index (κ1) is 21.0. The highest BCUT2D eigenvalue weighted by atomic mass is 32.1. The summed E-state index contributed by atoms with van der Waals surface area (Å²) in [5.41, 5.74) is 3.58. The highest BCUT2D eigenvalue weighted by molar-refractivity contribution is 7.71. The summed E-state index contributed by atoms with van der Waals surface area (Å²) in [4.78, 5) is 2.46. The standard InChI is InChI=1S/C25H32N4S/c1-19-14-16-27(17-15-19)18-28-24(30)29(22-8-6-5-7-9-22)23(26-28)20-10-12-21(13-11-20)25(2,3)4/h5-13,19H,14-18H2,1-4H3. The third-order valence-corrected chi connectivity index (χ3v) is 6.47. The topological polar surface area (TPSA) is 26.0 Å². The molecule has 3 aromatic rings. The number of rotatable bonds is 4. The summed E-state index contributed by atoms with van der Waals surface area (Å²) in [6.07, 6.45) is 2.49. The number of piperidine rings is 1. The second kappa shape index (κ2) is 8.48. The highest BCUT2D eigenvalue weighted by Crippen LogP contribution is 2.27. The average Bonchev–Trinajstić information content (AvgIpc) is 3.06. The molecule has 158 valence electrons. The van der Waals surface area contributed by atoms with Crippen LogP contribution in [0.3, 0.4) is 0 Å². The summed E-state index contributed by atoms with van der Waals surface area (Å²) in [5.74, 6) is 1.71. The summed E-state index contributed by atoms with van der Waals surface area (Å²) >= 11 is 5.91. The second-order valence-corrected chi connectivity index (χ2v) is 9.91. The van der Waals surface area contributed by atoms with E-state index in [0.29, 0.717) is 0 Å². The minimum atomic E-state index is 0.127. The molecule has 0 saturated carbocycles. The lowest BCUT2D eigenvalue weighted by molar-refractivity contribution is 0.146. The van der Waals surface area contributed by atoms with E-state index in [-0.39, 0.29) is 5.41 Å². The lowest BCUT2D eigenvalue weighted by Gasteiger charge is -2.29. The van der Waals surface area contributed by atoms with Gasteiger partial charge < -0.3 is 0 Å². The Hall–Kier alpha value is -2.24. The summed E-state index contributed by atoms with van der Waals surface area (Å²) in [6.45, 7) is 12.0. The average molecular weight is 421 g/mol. The van der Waals surface area contributed by atoms with Crippen molar-refractivity contribution in [1.82, 2.24) is 19.2 Å². The first-order chi connectivity index (χ1) is 14.3. The van der Waals surface area contributed by atoms with E-state index in [0.717, 1.165) is 47.5 Å². The number of likely N-dealkylation sites (tertiary alicyclic amines) is 1. The lowest BCUT2D eigenvalue weighted by Crippen LogP contribution is -2.34. The predicted molar refractivity (Wildman–Crippen MR) is 126 cm³/mol. The Bertz CT molecular complexity index is 1030. The number of para-hydroxylation sites is 1. The van der Waals surface area contributed by atoms with Crippen LogP contribution < -0.4 is 0 Å². The normalized spacial score (nSPS) is 16.1. The number of benzene rings is 2. The fourth-order valence-electron chi connectivity index (χ4n) is 4.01. The van der Waals surface area contributed by atoms with Gasteiger partial charge in [0.15, 0.2) is 5.82 Å². The van der Waals surface area contributed by atoms with Crippen LogP contribution in [0.1, 0.15) is 46.1 Å².